The van der Waals surface area contributed by atoms with E-state index in [-0.39, 0.29) is 11.7 Å². The summed E-state index contributed by atoms with van der Waals surface area (Å²) >= 11 is 1.21. The third-order valence-corrected chi connectivity index (χ3v) is 5.26. The Balaban J connectivity index is 1.52. The molecule has 1 amide bonds. The van der Waals surface area contributed by atoms with Crippen molar-refractivity contribution < 1.29 is 13.9 Å². The second-order valence-electron chi connectivity index (χ2n) is 6.37. The maximum absolute atomic E-state index is 12.2. The van der Waals surface area contributed by atoms with E-state index >= 15 is 0 Å². The lowest BCUT2D eigenvalue weighted by molar-refractivity contribution is -0.113. The summed E-state index contributed by atoms with van der Waals surface area (Å²) < 4.78 is 10.8. The third-order valence-electron chi connectivity index (χ3n) is 4.45. The molecule has 0 spiro atoms. The van der Waals surface area contributed by atoms with Crippen molar-refractivity contribution in [2.75, 3.05) is 18.2 Å². The van der Waals surface area contributed by atoms with Crippen molar-refractivity contribution in [3.63, 3.8) is 0 Å². The fraction of sp³-hybridized carbons (Fsp3) is 0.286. The van der Waals surface area contributed by atoms with E-state index in [0.29, 0.717) is 17.0 Å². The SMILES string of the molecule is CC[C@H](C)c1ccc(NC(=O)CSc2nnc(-c3ccc(OC)cc3)o2)cc1. The maximum atomic E-state index is 12.2. The molecule has 3 aromatic rings. The average molecular weight is 398 g/mol. The number of aromatic nitrogens is 2. The summed E-state index contributed by atoms with van der Waals surface area (Å²) in [4.78, 5) is 12.2. The molecule has 0 aliphatic rings. The zero-order valence-electron chi connectivity index (χ0n) is 16.1. The van der Waals surface area contributed by atoms with E-state index in [0.717, 1.165) is 23.4 Å². The first-order chi connectivity index (χ1) is 13.6. The Bertz CT molecular complexity index is 907. The molecule has 6 nitrogen and oxygen atoms in total. The lowest BCUT2D eigenvalue weighted by Crippen LogP contribution is -2.14. The predicted octanol–water partition coefficient (Wildman–Crippen LogP) is 4.99. The molecular formula is C21H23N3O3S. The van der Waals surface area contributed by atoms with Crippen molar-refractivity contribution >= 4 is 23.4 Å². The maximum Gasteiger partial charge on any atom is 0.277 e. The molecule has 1 heterocycles. The summed E-state index contributed by atoms with van der Waals surface area (Å²) in [5, 5.41) is 11.3. The van der Waals surface area contributed by atoms with E-state index in [2.05, 4.69) is 41.5 Å². The molecular weight excluding hydrogens is 374 g/mol. The van der Waals surface area contributed by atoms with Crippen LogP contribution in [0.2, 0.25) is 0 Å². The normalized spacial score (nSPS) is 11.8. The predicted molar refractivity (Wildman–Crippen MR) is 111 cm³/mol. The number of carbonyl (C=O) groups excluding carboxylic acids is 1. The van der Waals surface area contributed by atoms with Gasteiger partial charge in [-0.15, -0.1) is 10.2 Å². The van der Waals surface area contributed by atoms with Crippen LogP contribution in [0, 0.1) is 0 Å². The van der Waals surface area contributed by atoms with Crippen molar-refractivity contribution in [2.24, 2.45) is 0 Å². The van der Waals surface area contributed by atoms with Gasteiger partial charge in [-0.1, -0.05) is 37.7 Å². The summed E-state index contributed by atoms with van der Waals surface area (Å²) in [7, 11) is 1.61. The Morgan fingerprint density at radius 3 is 2.50 bits per heavy atom. The van der Waals surface area contributed by atoms with Crippen molar-refractivity contribution in [3.8, 4) is 17.2 Å². The van der Waals surface area contributed by atoms with Gasteiger partial charge in [0.2, 0.25) is 11.8 Å². The molecule has 28 heavy (non-hydrogen) atoms. The number of thioether (sulfide) groups is 1. The Kier molecular flexibility index (Phi) is 6.71. The molecule has 146 valence electrons. The molecule has 0 aliphatic carbocycles. The van der Waals surface area contributed by atoms with Crippen LogP contribution in [0.1, 0.15) is 31.7 Å². The van der Waals surface area contributed by atoms with Crippen LogP contribution in [-0.4, -0.2) is 29.0 Å². The minimum Gasteiger partial charge on any atom is -0.497 e. The number of methoxy groups -OCH3 is 1. The first-order valence-electron chi connectivity index (χ1n) is 9.09. The minimum absolute atomic E-state index is 0.120. The smallest absolute Gasteiger partial charge is 0.277 e. The first-order valence-corrected chi connectivity index (χ1v) is 10.1. The number of rotatable bonds is 8. The van der Waals surface area contributed by atoms with Gasteiger partial charge < -0.3 is 14.5 Å². The number of ether oxygens (including phenoxy) is 1. The van der Waals surface area contributed by atoms with Crippen molar-refractivity contribution in [1.82, 2.24) is 10.2 Å². The van der Waals surface area contributed by atoms with Crippen LogP contribution < -0.4 is 10.1 Å². The molecule has 0 radical (unpaired) electrons. The van der Waals surface area contributed by atoms with Gasteiger partial charge in [0.25, 0.3) is 5.22 Å². The van der Waals surface area contributed by atoms with Crippen LogP contribution in [0.3, 0.4) is 0 Å². The Labute approximate surface area is 168 Å². The molecule has 0 unspecified atom stereocenters. The molecule has 0 saturated heterocycles. The average Bonchev–Trinajstić information content (AvgIpc) is 3.21. The summed E-state index contributed by atoms with van der Waals surface area (Å²) in [6.07, 6.45) is 1.09. The van der Waals surface area contributed by atoms with Crippen LogP contribution in [-0.2, 0) is 4.79 Å². The lowest BCUT2D eigenvalue weighted by Gasteiger charge is -2.10. The Hall–Kier alpha value is -2.80. The van der Waals surface area contributed by atoms with Gasteiger partial charge in [-0.25, -0.2) is 0 Å². The number of amides is 1. The van der Waals surface area contributed by atoms with E-state index < -0.39 is 0 Å². The number of nitrogens with zero attached hydrogens (tertiary/aromatic N) is 2. The highest BCUT2D eigenvalue weighted by molar-refractivity contribution is 7.99. The molecule has 1 aromatic heterocycles. The first kappa shape index (κ1) is 19.9. The highest BCUT2D eigenvalue weighted by atomic mass is 32.2. The molecule has 7 heteroatoms. The molecule has 0 aliphatic heterocycles. The van der Waals surface area contributed by atoms with Crippen LogP contribution in [0.15, 0.2) is 58.2 Å². The highest BCUT2D eigenvalue weighted by Gasteiger charge is 2.12. The van der Waals surface area contributed by atoms with E-state index in [1.165, 1.54) is 17.3 Å². The van der Waals surface area contributed by atoms with Crippen molar-refractivity contribution in [2.45, 2.75) is 31.4 Å². The van der Waals surface area contributed by atoms with Crippen LogP contribution in [0.5, 0.6) is 5.75 Å². The van der Waals surface area contributed by atoms with Crippen molar-refractivity contribution in [3.05, 3.63) is 54.1 Å². The molecule has 0 bridgehead atoms. The number of anilines is 1. The zero-order valence-corrected chi connectivity index (χ0v) is 17.0. The fourth-order valence-electron chi connectivity index (χ4n) is 2.57. The van der Waals surface area contributed by atoms with Gasteiger partial charge in [-0.3, -0.25) is 4.79 Å². The van der Waals surface area contributed by atoms with E-state index in [1.54, 1.807) is 7.11 Å². The zero-order chi connectivity index (χ0) is 19.9. The Morgan fingerprint density at radius 2 is 1.86 bits per heavy atom. The fourth-order valence-corrected chi connectivity index (χ4v) is 3.14. The molecule has 1 N–H and O–H groups in total. The number of nitrogens with one attached hydrogen (secondary N) is 1. The molecule has 0 fully saturated rings. The second-order valence-corrected chi connectivity index (χ2v) is 7.30. The largest absolute Gasteiger partial charge is 0.497 e. The Morgan fingerprint density at radius 1 is 1.14 bits per heavy atom. The van der Waals surface area contributed by atoms with Gasteiger partial charge in [0, 0.05) is 11.3 Å². The summed E-state index contributed by atoms with van der Waals surface area (Å²) in [6, 6.07) is 15.3. The monoisotopic (exact) mass is 397 g/mol. The van der Waals surface area contributed by atoms with E-state index in [4.69, 9.17) is 9.15 Å². The van der Waals surface area contributed by atoms with Gasteiger partial charge in [-0.05, 0) is 54.3 Å². The van der Waals surface area contributed by atoms with Gasteiger partial charge in [-0.2, -0.15) is 0 Å². The van der Waals surface area contributed by atoms with E-state index in [1.807, 2.05) is 36.4 Å². The number of hydrogen-bond donors (Lipinski definition) is 1. The minimum atomic E-state index is -0.120. The van der Waals surface area contributed by atoms with Gasteiger partial charge >= 0.3 is 0 Å². The number of carbonyl (C=O) groups is 1. The lowest BCUT2D eigenvalue weighted by atomic mass is 9.99. The highest BCUT2D eigenvalue weighted by Crippen LogP contribution is 2.25. The summed E-state index contributed by atoms with van der Waals surface area (Å²) in [5.41, 5.74) is 2.85. The van der Waals surface area contributed by atoms with Gasteiger partial charge in [0.1, 0.15) is 5.75 Å². The van der Waals surface area contributed by atoms with Crippen LogP contribution >= 0.6 is 11.8 Å². The molecule has 3 rings (SSSR count). The molecule has 2 aromatic carbocycles. The quantitative estimate of drug-likeness (QED) is 0.540. The third kappa shape index (κ3) is 5.13. The van der Waals surface area contributed by atoms with Crippen LogP contribution in [0.4, 0.5) is 5.69 Å². The van der Waals surface area contributed by atoms with Gasteiger partial charge in [0.15, 0.2) is 0 Å². The van der Waals surface area contributed by atoms with Gasteiger partial charge in [0.05, 0.1) is 12.9 Å². The summed E-state index contributed by atoms with van der Waals surface area (Å²) in [6.45, 7) is 4.35. The van der Waals surface area contributed by atoms with Crippen molar-refractivity contribution in [1.29, 1.82) is 0 Å². The van der Waals surface area contributed by atoms with E-state index in [9.17, 15) is 4.79 Å². The standard InChI is InChI=1S/C21H23N3O3S/c1-4-14(2)15-5-9-17(10-6-15)22-19(25)13-28-21-24-23-20(27-21)16-7-11-18(26-3)12-8-16/h5-12,14H,4,13H2,1-3H3,(H,22,25)/t14-/m0/s1. The number of benzene rings is 2. The van der Waals surface area contributed by atoms with Crippen LogP contribution in [0.25, 0.3) is 11.5 Å². The number of hydrogen-bond acceptors (Lipinski definition) is 6. The second kappa shape index (κ2) is 9.41. The molecule has 0 saturated carbocycles. The molecule has 1 atom stereocenters. The summed E-state index contributed by atoms with van der Waals surface area (Å²) in [5.74, 6) is 1.75. The topological polar surface area (TPSA) is 77.2 Å².